The molecule has 1 aliphatic carbocycles. The Morgan fingerprint density at radius 1 is 1.29 bits per heavy atom. The van der Waals surface area contributed by atoms with Crippen molar-refractivity contribution in [1.29, 1.82) is 0 Å². The maximum atomic E-state index is 3.85. The Hall–Kier alpha value is 0.270. The van der Waals surface area contributed by atoms with Crippen molar-refractivity contribution in [1.82, 2.24) is 10.2 Å². The molecule has 1 heterocycles. The minimum Gasteiger partial charge on any atom is -0.310 e. The van der Waals surface area contributed by atoms with Gasteiger partial charge < -0.3 is 5.32 Å². The van der Waals surface area contributed by atoms with Crippen molar-refractivity contribution in [3.63, 3.8) is 0 Å². The lowest BCUT2D eigenvalue weighted by molar-refractivity contribution is 0.176. The van der Waals surface area contributed by atoms with Gasteiger partial charge in [-0.2, -0.15) is 11.8 Å². The summed E-state index contributed by atoms with van der Waals surface area (Å²) in [5.74, 6) is 2.55. The summed E-state index contributed by atoms with van der Waals surface area (Å²) < 4.78 is 0. The standard InChI is InChI=1S/C14H28N2S/c1-3-17-11-13(2)16-10-6-9-15-14(12-16)7-4-5-8-14/h13,15H,3-12H2,1-2H3. The molecule has 1 N–H and O–H groups in total. The largest absolute Gasteiger partial charge is 0.310 e. The summed E-state index contributed by atoms with van der Waals surface area (Å²) in [6, 6.07) is 0.748. The lowest BCUT2D eigenvalue weighted by atomic mass is 9.97. The highest BCUT2D eigenvalue weighted by Crippen LogP contribution is 2.32. The van der Waals surface area contributed by atoms with Crippen LogP contribution >= 0.6 is 11.8 Å². The molecule has 1 aliphatic heterocycles. The molecule has 0 radical (unpaired) electrons. The van der Waals surface area contributed by atoms with Crippen LogP contribution in [0, 0.1) is 0 Å². The highest BCUT2D eigenvalue weighted by Gasteiger charge is 2.37. The second-order valence-corrected chi connectivity index (χ2v) is 7.07. The van der Waals surface area contributed by atoms with Crippen LogP contribution in [0.3, 0.4) is 0 Å². The fourth-order valence-electron chi connectivity index (χ4n) is 3.32. The van der Waals surface area contributed by atoms with Gasteiger partial charge in [0, 0.05) is 23.9 Å². The van der Waals surface area contributed by atoms with Crippen LogP contribution in [0.5, 0.6) is 0 Å². The van der Waals surface area contributed by atoms with Crippen LogP contribution in [-0.2, 0) is 0 Å². The van der Waals surface area contributed by atoms with E-state index in [-0.39, 0.29) is 0 Å². The summed E-state index contributed by atoms with van der Waals surface area (Å²) in [5.41, 5.74) is 0.474. The highest BCUT2D eigenvalue weighted by molar-refractivity contribution is 7.99. The predicted molar refractivity (Wildman–Crippen MR) is 77.9 cm³/mol. The SMILES string of the molecule is CCSCC(C)N1CCCNC2(CCCC2)C1. The molecule has 3 heteroatoms. The van der Waals surface area contributed by atoms with Crippen molar-refractivity contribution in [2.24, 2.45) is 0 Å². The Labute approximate surface area is 111 Å². The maximum Gasteiger partial charge on any atom is 0.0308 e. The first-order valence-electron chi connectivity index (χ1n) is 7.32. The van der Waals surface area contributed by atoms with E-state index in [1.807, 2.05) is 0 Å². The third kappa shape index (κ3) is 3.62. The smallest absolute Gasteiger partial charge is 0.0308 e. The van der Waals surface area contributed by atoms with E-state index >= 15 is 0 Å². The van der Waals surface area contributed by atoms with E-state index in [0.717, 1.165) is 6.04 Å². The number of thioether (sulfide) groups is 1. The van der Waals surface area contributed by atoms with E-state index in [9.17, 15) is 0 Å². The first kappa shape index (κ1) is 13.7. The molecule has 2 fully saturated rings. The zero-order chi connectivity index (χ0) is 12.1. The number of hydrogen-bond acceptors (Lipinski definition) is 3. The van der Waals surface area contributed by atoms with Gasteiger partial charge in [0.2, 0.25) is 0 Å². The second kappa shape index (κ2) is 6.44. The first-order chi connectivity index (χ1) is 8.26. The molecule has 17 heavy (non-hydrogen) atoms. The van der Waals surface area contributed by atoms with E-state index in [1.54, 1.807) is 0 Å². The van der Waals surface area contributed by atoms with Crippen LogP contribution in [0.2, 0.25) is 0 Å². The molecule has 1 unspecified atom stereocenters. The number of rotatable bonds is 4. The zero-order valence-corrected chi connectivity index (χ0v) is 12.3. The van der Waals surface area contributed by atoms with Crippen molar-refractivity contribution in [2.45, 2.75) is 57.5 Å². The monoisotopic (exact) mass is 256 g/mol. The van der Waals surface area contributed by atoms with Crippen molar-refractivity contribution in [3.8, 4) is 0 Å². The summed E-state index contributed by atoms with van der Waals surface area (Å²) in [6.45, 7) is 8.49. The van der Waals surface area contributed by atoms with Crippen LogP contribution in [-0.4, -0.2) is 47.6 Å². The molecule has 1 atom stereocenters. The van der Waals surface area contributed by atoms with E-state index in [4.69, 9.17) is 0 Å². The van der Waals surface area contributed by atoms with Gasteiger partial charge in [0.25, 0.3) is 0 Å². The van der Waals surface area contributed by atoms with E-state index < -0.39 is 0 Å². The van der Waals surface area contributed by atoms with Gasteiger partial charge in [0.05, 0.1) is 0 Å². The molecule has 100 valence electrons. The van der Waals surface area contributed by atoms with Crippen molar-refractivity contribution in [3.05, 3.63) is 0 Å². The Bertz CT molecular complexity index is 226. The van der Waals surface area contributed by atoms with Gasteiger partial charge in [-0.3, -0.25) is 4.90 Å². The van der Waals surface area contributed by atoms with Crippen LogP contribution < -0.4 is 5.32 Å². The Morgan fingerprint density at radius 3 is 2.76 bits per heavy atom. The Kier molecular flexibility index (Phi) is 5.19. The van der Waals surface area contributed by atoms with Crippen molar-refractivity contribution >= 4 is 11.8 Å². The van der Waals surface area contributed by atoms with E-state index in [2.05, 4.69) is 35.8 Å². The van der Waals surface area contributed by atoms with Crippen LogP contribution in [0.25, 0.3) is 0 Å². The average Bonchev–Trinajstić information content (AvgIpc) is 2.67. The zero-order valence-electron chi connectivity index (χ0n) is 11.5. The Morgan fingerprint density at radius 2 is 2.06 bits per heavy atom. The highest BCUT2D eigenvalue weighted by atomic mass is 32.2. The minimum absolute atomic E-state index is 0.474. The van der Waals surface area contributed by atoms with Crippen LogP contribution in [0.15, 0.2) is 0 Å². The molecule has 0 aromatic heterocycles. The van der Waals surface area contributed by atoms with Gasteiger partial charge in [-0.1, -0.05) is 19.8 Å². The molecule has 0 bridgehead atoms. The van der Waals surface area contributed by atoms with Crippen LogP contribution in [0.1, 0.15) is 46.0 Å². The molecule has 2 aliphatic rings. The fraction of sp³-hybridized carbons (Fsp3) is 1.00. The minimum atomic E-state index is 0.474. The first-order valence-corrected chi connectivity index (χ1v) is 8.48. The molecule has 0 amide bonds. The number of nitrogens with zero attached hydrogens (tertiary/aromatic N) is 1. The second-order valence-electron chi connectivity index (χ2n) is 5.75. The summed E-state index contributed by atoms with van der Waals surface area (Å²) in [7, 11) is 0. The maximum absolute atomic E-state index is 3.85. The molecule has 2 rings (SSSR count). The predicted octanol–water partition coefficient (Wildman–Crippen LogP) is 2.74. The van der Waals surface area contributed by atoms with Gasteiger partial charge in [-0.05, 0) is 45.0 Å². The van der Waals surface area contributed by atoms with Gasteiger partial charge in [0.1, 0.15) is 0 Å². The third-order valence-electron chi connectivity index (χ3n) is 4.38. The summed E-state index contributed by atoms with van der Waals surface area (Å²) in [6.07, 6.45) is 6.98. The quantitative estimate of drug-likeness (QED) is 0.832. The molecule has 1 saturated heterocycles. The third-order valence-corrected chi connectivity index (χ3v) is 5.50. The molecule has 1 saturated carbocycles. The normalized spacial score (nSPS) is 27.2. The molecular formula is C14H28N2S. The van der Waals surface area contributed by atoms with Crippen molar-refractivity contribution in [2.75, 3.05) is 31.1 Å². The van der Waals surface area contributed by atoms with Gasteiger partial charge in [-0.25, -0.2) is 0 Å². The molecular weight excluding hydrogens is 228 g/mol. The Balaban J connectivity index is 1.92. The molecule has 1 spiro atoms. The summed E-state index contributed by atoms with van der Waals surface area (Å²) in [5, 5.41) is 3.85. The number of hydrogen-bond donors (Lipinski definition) is 1. The van der Waals surface area contributed by atoms with E-state index in [1.165, 1.54) is 63.2 Å². The summed E-state index contributed by atoms with van der Waals surface area (Å²) >= 11 is 2.09. The lowest BCUT2D eigenvalue weighted by Gasteiger charge is -2.36. The van der Waals surface area contributed by atoms with Crippen LogP contribution in [0.4, 0.5) is 0 Å². The van der Waals surface area contributed by atoms with Gasteiger partial charge in [0.15, 0.2) is 0 Å². The van der Waals surface area contributed by atoms with Gasteiger partial charge in [-0.15, -0.1) is 0 Å². The molecule has 2 nitrogen and oxygen atoms in total. The topological polar surface area (TPSA) is 15.3 Å². The lowest BCUT2D eigenvalue weighted by Crippen LogP contribution is -2.51. The molecule has 0 aromatic rings. The van der Waals surface area contributed by atoms with Crippen molar-refractivity contribution < 1.29 is 0 Å². The summed E-state index contributed by atoms with van der Waals surface area (Å²) in [4.78, 5) is 2.74. The van der Waals surface area contributed by atoms with E-state index in [0.29, 0.717) is 5.54 Å². The van der Waals surface area contributed by atoms with Gasteiger partial charge >= 0.3 is 0 Å². The number of nitrogens with one attached hydrogen (secondary N) is 1. The fourth-order valence-corrected chi connectivity index (χ4v) is 4.10. The average molecular weight is 256 g/mol. The molecule has 0 aromatic carbocycles.